The van der Waals surface area contributed by atoms with Gasteiger partial charge in [0.25, 0.3) is 0 Å². The van der Waals surface area contributed by atoms with Gasteiger partial charge in [0.1, 0.15) is 0 Å². The second-order valence-electron chi connectivity index (χ2n) is 7.77. The van der Waals surface area contributed by atoms with E-state index in [-0.39, 0.29) is 5.41 Å². The molecule has 0 unspecified atom stereocenters. The van der Waals surface area contributed by atoms with Crippen molar-refractivity contribution in [3.05, 3.63) is 59.7 Å². The Balaban J connectivity index is 2.09. The van der Waals surface area contributed by atoms with Gasteiger partial charge in [-0.05, 0) is 59.6 Å². The van der Waals surface area contributed by atoms with Crippen LogP contribution >= 0.6 is 0 Å². The highest BCUT2D eigenvalue weighted by Gasteiger charge is 2.14. The van der Waals surface area contributed by atoms with E-state index in [4.69, 9.17) is 5.84 Å². The maximum absolute atomic E-state index is 6.28. The number of rotatable bonds is 5. The molecule has 0 aliphatic carbocycles. The fourth-order valence-electron chi connectivity index (χ4n) is 2.55. The minimum atomic E-state index is 0.163. The predicted octanol–water partition coefficient (Wildman–Crippen LogP) is 5.58. The highest BCUT2D eigenvalue weighted by Crippen LogP contribution is 2.27. The van der Waals surface area contributed by atoms with Crippen molar-refractivity contribution in [1.82, 2.24) is 0 Å². The van der Waals surface area contributed by atoms with E-state index < -0.39 is 0 Å². The number of benzene rings is 2. The van der Waals surface area contributed by atoms with Crippen LogP contribution in [0, 0.1) is 5.92 Å². The number of anilines is 2. The number of hydrazine groups is 1. The van der Waals surface area contributed by atoms with Crippen LogP contribution in [-0.2, 0) is 11.8 Å². The van der Waals surface area contributed by atoms with Gasteiger partial charge >= 0.3 is 0 Å². The molecule has 23 heavy (non-hydrogen) atoms. The molecule has 2 N–H and O–H groups in total. The summed E-state index contributed by atoms with van der Waals surface area (Å²) in [7, 11) is 0. The van der Waals surface area contributed by atoms with Crippen LogP contribution in [0.1, 0.15) is 52.2 Å². The minimum absolute atomic E-state index is 0.163. The Hall–Kier alpha value is -1.80. The summed E-state index contributed by atoms with van der Waals surface area (Å²) in [6.07, 6.45) is 2.35. The summed E-state index contributed by atoms with van der Waals surface area (Å²) in [5.74, 6) is 7.02. The quantitative estimate of drug-likeness (QED) is 0.576. The Kier molecular flexibility index (Phi) is 5.48. The van der Waals surface area contributed by atoms with E-state index in [1.165, 1.54) is 17.5 Å². The van der Waals surface area contributed by atoms with Gasteiger partial charge < -0.3 is 0 Å². The molecule has 2 heteroatoms. The monoisotopic (exact) mass is 310 g/mol. The molecule has 0 atom stereocenters. The number of nitrogens with two attached hydrogens (primary N) is 1. The van der Waals surface area contributed by atoms with E-state index in [1.807, 2.05) is 0 Å². The lowest BCUT2D eigenvalue weighted by molar-refractivity contribution is 0.587. The second-order valence-corrected chi connectivity index (χ2v) is 7.77. The van der Waals surface area contributed by atoms with Crippen molar-refractivity contribution < 1.29 is 0 Å². The molecule has 0 aliphatic heterocycles. The van der Waals surface area contributed by atoms with Gasteiger partial charge in [0.05, 0.1) is 11.4 Å². The Labute approximate surface area is 141 Å². The summed E-state index contributed by atoms with van der Waals surface area (Å²) in [6, 6.07) is 17.1. The highest BCUT2D eigenvalue weighted by atomic mass is 15.4. The first-order chi connectivity index (χ1) is 10.8. The van der Waals surface area contributed by atoms with Crippen LogP contribution in [0.15, 0.2) is 48.5 Å². The van der Waals surface area contributed by atoms with Crippen LogP contribution in [0.4, 0.5) is 11.4 Å². The van der Waals surface area contributed by atoms with Gasteiger partial charge in [0, 0.05) is 0 Å². The van der Waals surface area contributed by atoms with Crippen molar-refractivity contribution in [1.29, 1.82) is 0 Å². The first-order valence-corrected chi connectivity index (χ1v) is 8.51. The van der Waals surface area contributed by atoms with E-state index >= 15 is 0 Å². The third-order valence-corrected chi connectivity index (χ3v) is 4.24. The number of aryl methyl sites for hydroxylation is 1. The molecule has 2 nitrogen and oxygen atoms in total. The zero-order valence-corrected chi connectivity index (χ0v) is 15.1. The molecule has 124 valence electrons. The molecule has 0 aromatic heterocycles. The molecule has 2 aromatic carbocycles. The minimum Gasteiger partial charge on any atom is -0.280 e. The summed E-state index contributed by atoms with van der Waals surface area (Å²) in [5, 5.41) is 1.75. The topological polar surface area (TPSA) is 29.3 Å². The predicted molar refractivity (Wildman–Crippen MR) is 101 cm³/mol. The number of hydrogen-bond acceptors (Lipinski definition) is 2. The smallest absolute Gasteiger partial charge is 0.0575 e. The number of nitrogens with zero attached hydrogens (tertiary/aromatic N) is 1. The van der Waals surface area contributed by atoms with Crippen LogP contribution in [0.25, 0.3) is 0 Å². The van der Waals surface area contributed by atoms with Gasteiger partial charge in [0.15, 0.2) is 0 Å². The van der Waals surface area contributed by atoms with Crippen molar-refractivity contribution in [2.45, 2.75) is 52.9 Å². The standard InChI is InChI=1S/C21H30N2/c1-16(2)6-7-17-8-12-19(13-9-17)23(22)20-14-10-18(11-15-20)21(3,4)5/h8-16H,6-7,22H2,1-5H3. The molecule has 0 spiro atoms. The molecule has 2 rings (SSSR count). The van der Waals surface area contributed by atoms with Crippen molar-refractivity contribution >= 4 is 11.4 Å². The molecule has 0 amide bonds. The van der Waals surface area contributed by atoms with Gasteiger partial charge in [0.2, 0.25) is 0 Å². The largest absolute Gasteiger partial charge is 0.280 e. The molecule has 2 aromatic rings. The van der Waals surface area contributed by atoms with Crippen LogP contribution in [0.3, 0.4) is 0 Å². The molecule has 0 bridgehead atoms. The van der Waals surface area contributed by atoms with Crippen LogP contribution in [-0.4, -0.2) is 0 Å². The lowest BCUT2D eigenvalue weighted by Crippen LogP contribution is -2.25. The Morgan fingerprint density at radius 1 is 0.870 bits per heavy atom. The average molecular weight is 310 g/mol. The summed E-state index contributed by atoms with van der Waals surface area (Å²) in [4.78, 5) is 0. The van der Waals surface area contributed by atoms with Crippen molar-refractivity contribution in [3.8, 4) is 0 Å². The van der Waals surface area contributed by atoms with E-state index in [0.29, 0.717) is 0 Å². The van der Waals surface area contributed by atoms with E-state index in [9.17, 15) is 0 Å². The molecule has 0 saturated heterocycles. The maximum Gasteiger partial charge on any atom is 0.0575 e. The number of hydrogen-bond donors (Lipinski definition) is 1. The fourth-order valence-corrected chi connectivity index (χ4v) is 2.55. The van der Waals surface area contributed by atoms with Crippen LogP contribution in [0.2, 0.25) is 0 Å². The molecule has 0 saturated carbocycles. The third kappa shape index (κ3) is 4.84. The van der Waals surface area contributed by atoms with Crippen LogP contribution < -0.4 is 10.9 Å². The first-order valence-electron chi connectivity index (χ1n) is 8.51. The van der Waals surface area contributed by atoms with Gasteiger partial charge in [-0.2, -0.15) is 0 Å². The van der Waals surface area contributed by atoms with Crippen molar-refractivity contribution in [3.63, 3.8) is 0 Å². The van der Waals surface area contributed by atoms with Gasteiger partial charge in [-0.15, -0.1) is 0 Å². The van der Waals surface area contributed by atoms with E-state index in [2.05, 4.69) is 83.1 Å². The van der Waals surface area contributed by atoms with Gasteiger partial charge in [-0.1, -0.05) is 58.9 Å². The average Bonchev–Trinajstić information content (AvgIpc) is 2.52. The molecule has 0 fully saturated rings. The Bertz CT molecular complexity index is 604. The lowest BCUT2D eigenvalue weighted by Gasteiger charge is -2.22. The molecule has 0 aliphatic rings. The summed E-state index contributed by atoms with van der Waals surface area (Å²) in [6.45, 7) is 11.2. The first kappa shape index (κ1) is 17.6. The highest BCUT2D eigenvalue weighted by molar-refractivity contribution is 5.62. The fraction of sp³-hybridized carbons (Fsp3) is 0.429. The summed E-state index contributed by atoms with van der Waals surface area (Å²) in [5.41, 5.74) is 4.88. The maximum atomic E-state index is 6.28. The zero-order valence-electron chi connectivity index (χ0n) is 15.1. The van der Waals surface area contributed by atoms with Crippen molar-refractivity contribution in [2.75, 3.05) is 5.01 Å². The molecular formula is C21H30N2. The SMILES string of the molecule is CC(C)CCc1ccc(N(N)c2ccc(C(C)(C)C)cc2)cc1. The van der Waals surface area contributed by atoms with Gasteiger partial charge in [-0.25, -0.2) is 5.84 Å². The summed E-state index contributed by atoms with van der Waals surface area (Å²) >= 11 is 0. The molecular weight excluding hydrogens is 280 g/mol. The Morgan fingerprint density at radius 3 is 1.78 bits per heavy atom. The molecule has 0 heterocycles. The van der Waals surface area contributed by atoms with Crippen LogP contribution in [0.5, 0.6) is 0 Å². The van der Waals surface area contributed by atoms with E-state index in [1.54, 1.807) is 5.01 Å². The van der Waals surface area contributed by atoms with Gasteiger partial charge in [-0.3, -0.25) is 5.01 Å². The van der Waals surface area contributed by atoms with E-state index in [0.717, 1.165) is 23.7 Å². The third-order valence-electron chi connectivity index (χ3n) is 4.24. The Morgan fingerprint density at radius 2 is 1.35 bits per heavy atom. The zero-order chi connectivity index (χ0) is 17.0. The molecule has 0 radical (unpaired) electrons. The normalized spacial score (nSPS) is 11.8. The van der Waals surface area contributed by atoms with Crippen molar-refractivity contribution in [2.24, 2.45) is 11.8 Å². The second kappa shape index (κ2) is 7.18. The lowest BCUT2D eigenvalue weighted by atomic mass is 9.87. The summed E-state index contributed by atoms with van der Waals surface area (Å²) < 4.78 is 0.